The van der Waals surface area contributed by atoms with Crippen LogP contribution in [0.15, 0.2) is 48.5 Å². The fourth-order valence-electron chi connectivity index (χ4n) is 2.31. The van der Waals surface area contributed by atoms with Crippen LogP contribution in [-0.2, 0) is 17.9 Å². The van der Waals surface area contributed by atoms with E-state index in [1.165, 1.54) is 0 Å². The lowest BCUT2D eigenvalue weighted by atomic mass is 10.1. The zero-order valence-electron chi connectivity index (χ0n) is 14.3. The number of carbonyl (C=O) groups excluding carboxylic acids is 1. The molecule has 128 valence electrons. The van der Waals surface area contributed by atoms with Crippen molar-refractivity contribution in [1.82, 2.24) is 10.2 Å². The molecule has 1 N–H and O–H groups in total. The van der Waals surface area contributed by atoms with Crippen LogP contribution in [0.3, 0.4) is 0 Å². The number of hydrogen-bond acceptors (Lipinski definition) is 3. The predicted molar refractivity (Wildman–Crippen MR) is 97.2 cm³/mol. The van der Waals surface area contributed by atoms with Crippen molar-refractivity contribution in [2.75, 3.05) is 14.2 Å². The molecule has 0 spiro atoms. The Labute approximate surface area is 148 Å². The first-order chi connectivity index (χ1) is 11.5. The Morgan fingerprint density at radius 3 is 2.50 bits per heavy atom. The monoisotopic (exact) mass is 346 g/mol. The van der Waals surface area contributed by atoms with E-state index in [-0.39, 0.29) is 11.9 Å². The van der Waals surface area contributed by atoms with E-state index in [1.807, 2.05) is 67.4 Å². The van der Waals surface area contributed by atoms with Crippen LogP contribution < -0.4 is 10.1 Å². The molecule has 1 amide bonds. The maximum atomic E-state index is 12.3. The first kappa shape index (κ1) is 18.3. The zero-order valence-corrected chi connectivity index (χ0v) is 15.0. The second kappa shape index (κ2) is 8.71. The summed E-state index contributed by atoms with van der Waals surface area (Å²) >= 11 is 6.18. The van der Waals surface area contributed by atoms with Gasteiger partial charge in [-0.15, -0.1) is 0 Å². The molecule has 4 nitrogen and oxygen atoms in total. The van der Waals surface area contributed by atoms with Gasteiger partial charge in [-0.05, 0) is 43.3 Å². The largest absolute Gasteiger partial charge is 0.497 e. The zero-order chi connectivity index (χ0) is 17.5. The van der Waals surface area contributed by atoms with Crippen LogP contribution in [0.25, 0.3) is 0 Å². The Hall–Kier alpha value is -2.04. The van der Waals surface area contributed by atoms with Gasteiger partial charge >= 0.3 is 0 Å². The molecule has 0 saturated carbocycles. The summed E-state index contributed by atoms with van der Waals surface area (Å²) in [6.45, 7) is 3.00. The Morgan fingerprint density at radius 2 is 1.88 bits per heavy atom. The molecule has 24 heavy (non-hydrogen) atoms. The quantitative estimate of drug-likeness (QED) is 0.834. The minimum atomic E-state index is -0.250. The normalized spacial score (nSPS) is 12.0. The number of methoxy groups -OCH3 is 1. The van der Waals surface area contributed by atoms with Gasteiger partial charge in [0.25, 0.3) is 0 Å². The number of rotatable bonds is 7. The van der Waals surface area contributed by atoms with Crippen molar-refractivity contribution >= 4 is 17.5 Å². The Bertz CT molecular complexity index is 673. The minimum Gasteiger partial charge on any atom is -0.497 e. The first-order valence-corrected chi connectivity index (χ1v) is 8.23. The van der Waals surface area contributed by atoms with E-state index in [0.29, 0.717) is 13.1 Å². The summed E-state index contributed by atoms with van der Waals surface area (Å²) in [5, 5.41) is 3.68. The second-order valence-electron chi connectivity index (χ2n) is 5.75. The summed E-state index contributed by atoms with van der Waals surface area (Å²) in [6.07, 6.45) is 0. The van der Waals surface area contributed by atoms with Gasteiger partial charge in [0, 0.05) is 18.1 Å². The Morgan fingerprint density at radius 1 is 1.21 bits per heavy atom. The summed E-state index contributed by atoms with van der Waals surface area (Å²) in [4.78, 5) is 14.3. The van der Waals surface area contributed by atoms with Crippen molar-refractivity contribution in [2.45, 2.75) is 26.1 Å². The lowest BCUT2D eigenvalue weighted by molar-refractivity contribution is -0.125. The predicted octanol–water partition coefficient (Wildman–Crippen LogP) is 3.49. The number of ether oxygens (including phenoxy) is 1. The molecular formula is C19H23ClN2O2. The van der Waals surface area contributed by atoms with E-state index in [4.69, 9.17) is 16.3 Å². The standard InChI is InChI=1S/C19H23ClN2O2/c1-14(22(2)13-16-6-4-5-7-18(16)20)19(23)21-12-15-8-10-17(24-3)11-9-15/h4-11,14H,12-13H2,1-3H3,(H,21,23)/t14-/m0/s1. The third-order valence-corrected chi connectivity index (χ3v) is 4.41. The van der Waals surface area contributed by atoms with Gasteiger partial charge in [0.15, 0.2) is 0 Å². The van der Waals surface area contributed by atoms with Crippen molar-refractivity contribution in [3.63, 3.8) is 0 Å². The Kier molecular flexibility index (Phi) is 6.64. The maximum Gasteiger partial charge on any atom is 0.237 e. The molecule has 1 atom stereocenters. The van der Waals surface area contributed by atoms with Gasteiger partial charge in [-0.2, -0.15) is 0 Å². The summed E-state index contributed by atoms with van der Waals surface area (Å²) < 4.78 is 5.13. The van der Waals surface area contributed by atoms with Gasteiger partial charge in [0.1, 0.15) is 5.75 Å². The number of nitrogens with one attached hydrogen (secondary N) is 1. The van der Waals surface area contributed by atoms with E-state index in [1.54, 1.807) is 7.11 Å². The highest BCUT2D eigenvalue weighted by Crippen LogP contribution is 2.17. The highest BCUT2D eigenvalue weighted by atomic mass is 35.5. The molecule has 0 bridgehead atoms. The third-order valence-electron chi connectivity index (χ3n) is 4.04. The van der Waals surface area contributed by atoms with Crippen LogP contribution >= 0.6 is 11.6 Å². The molecule has 0 aliphatic rings. The van der Waals surface area contributed by atoms with Gasteiger partial charge in [-0.1, -0.05) is 41.9 Å². The summed E-state index contributed by atoms with van der Waals surface area (Å²) in [6, 6.07) is 15.1. The van der Waals surface area contributed by atoms with Gasteiger partial charge < -0.3 is 10.1 Å². The number of benzene rings is 2. The van der Waals surface area contributed by atoms with Gasteiger partial charge in [0.2, 0.25) is 5.91 Å². The maximum absolute atomic E-state index is 12.3. The molecular weight excluding hydrogens is 324 g/mol. The molecule has 0 radical (unpaired) electrons. The van der Waals surface area contributed by atoms with Crippen LogP contribution in [-0.4, -0.2) is 31.0 Å². The average molecular weight is 347 g/mol. The minimum absolute atomic E-state index is 0.0135. The van der Waals surface area contributed by atoms with Crippen LogP contribution in [0.1, 0.15) is 18.1 Å². The molecule has 0 unspecified atom stereocenters. The SMILES string of the molecule is COc1ccc(CNC(=O)[C@H](C)N(C)Cc2ccccc2Cl)cc1. The van der Waals surface area contributed by atoms with Crippen LogP contribution in [0.5, 0.6) is 5.75 Å². The fourth-order valence-corrected chi connectivity index (χ4v) is 2.51. The van der Waals surface area contributed by atoms with Crippen molar-refractivity contribution < 1.29 is 9.53 Å². The average Bonchev–Trinajstić information content (AvgIpc) is 2.61. The van der Waals surface area contributed by atoms with Crippen molar-refractivity contribution in [3.8, 4) is 5.75 Å². The molecule has 5 heteroatoms. The summed E-state index contributed by atoms with van der Waals surface area (Å²) in [5.41, 5.74) is 2.04. The summed E-state index contributed by atoms with van der Waals surface area (Å²) in [7, 11) is 3.55. The van der Waals surface area contributed by atoms with Crippen LogP contribution in [0.4, 0.5) is 0 Å². The van der Waals surface area contributed by atoms with Crippen LogP contribution in [0.2, 0.25) is 5.02 Å². The Balaban J connectivity index is 1.87. The van der Waals surface area contributed by atoms with Gasteiger partial charge in [0.05, 0.1) is 13.2 Å². The topological polar surface area (TPSA) is 41.6 Å². The summed E-state index contributed by atoms with van der Waals surface area (Å²) in [5.74, 6) is 0.790. The molecule has 2 aromatic carbocycles. The highest BCUT2D eigenvalue weighted by molar-refractivity contribution is 6.31. The first-order valence-electron chi connectivity index (χ1n) is 7.85. The van der Waals surface area contributed by atoms with E-state index in [2.05, 4.69) is 5.32 Å². The lowest BCUT2D eigenvalue weighted by Gasteiger charge is -2.24. The van der Waals surface area contributed by atoms with Crippen molar-refractivity contribution in [3.05, 3.63) is 64.7 Å². The molecule has 0 heterocycles. The number of hydrogen-bond donors (Lipinski definition) is 1. The molecule has 0 aliphatic carbocycles. The number of amides is 1. The molecule has 0 aromatic heterocycles. The number of nitrogens with zero attached hydrogens (tertiary/aromatic N) is 1. The van der Waals surface area contributed by atoms with E-state index < -0.39 is 0 Å². The van der Waals surface area contributed by atoms with E-state index >= 15 is 0 Å². The second-order valence-corrected chi connectivity index (χ2v) is 6.16. The molecule has 2 aromatic rings. The highest BCUT2D eigenvalue weighted by Gasteiger charge is 2.18. The molecule has 0 aliphatic heterocycles. The fraction of sp³-hybridized carbons (Fsp3) is 0.316. The van der Waals surface area contributed by atoms with E-state index in [9.17, 15) is 4.79 Å². The number of likely N-dealkylation sites (N-methyl/N-ethyl adjacent to an activating group) is 1. The van der Waals surface area contributed by atoms with Gasteiger partial charge in [-0.25, -0.2) is 0 Å². The molecule has 0 saturated heterocycles. The van der Waals surface area contributed by atoms with Crippen molar-refractivity contribution in [1.29, 1.82) is 0 Å². The lowest BCUT2D eigenvalue weighted by Crippen LogP contribution is -2.42. The smallest absolute Gasteiger partial charge is 0.237 e. The van der Waals surface area contributed by atoms with E-state index in [0.717, 1.165) is 21.9 Å². The molecule has 2 rings (SSSR count). The van der Waals surface area contributed by atoms with Gasteiger partial charge in [-0.3, -0.25) is 9.69 Å². The number of halogens is 1. The number of carbonyl (C=O) groups is 1. The molecule has 0 fully saturated rings. The van der Waals surface area contributed by atoms with Crippen molar-refractivity contribution in [2.24, 2.45) is 0 Å². The third kappa shape index (κ3) is 4.98. The van der Waals surface area contributed by atoms with Crippen LogP contribution in [0, 0.1) is 0 Å².